The first kappa shape index (κ1) is 17.7. The minimum atomic E-state index is -0.577. The fourth-order valence-electron chi connectivity index (χ4n) is 2.94. The first-order valence-corrected chi connectivity index (χ1v) is 8.76. The molecule has 0 bridgehead atoms. The molecule has 3 amide bonds. The van der Waals surface area contributed by atoms with E-state index in [1.807, 2.05) is 12.1 Å². The second-order valence-electron chi connectivity index (χ2n) is 6.32. The summed E-state index contributed by atoms with van der Waals surface area (Å²) in [5.74, 6) is 0.751. The van der Waals surface area contributed by atoms with Crippen LogP contribution in [0.1, 0.15) is 35.2 Å². The smallest absolute Gasteiger partial charge is 0.312 e. The molecule has 0 radical (unpaired) electrons. The molecular formula is C19H23N5O2. The van der Waals surface area contributed by atoms with Gasteiger partial charge in [-0.1, -0.05) is 12.1 Å². The number of nitrogens with one attached hydrogen (secondary N) is 2. The highest BCUT2D eigenvalue weighted by molar-refractivity contribution is 6.04. The molecule has 4 N–H and O–H groups in total. The van der Waals surface area contributed by atoms with Gasteiger partial charge in [0.15, 0.2) is 0 Å². The SMILES string of the molecule is NC(=O)NCc1ccc(C(=O)Nc2ccc(N3CCCCC3)nc2)cc1. The number of rotatable bonds is 5. The molecule has 0 atom stereocenters. The quantitative estimate of drug-likeness (QED) is 0.769. The van der Waals surface area contributed by atoms with Gasteiger partial charge in [-0.2, -0.15) is 0 Å². The Balaban J connectivity index is 1.57. The molecule has 7 heteroatoms. The van der Waals surface area contributed by atoms with Crippen molar-refractivity contribution >= 4 is 23.4 Å². The molecule has 26 heavy (non-hydrogen) atoms. The van der Waals surface area contributed by atoms with Crippen LogP contribution in [0.5, 0.6) is 0 Å². The average Bonchev–Trinajstić information content (AvgIpc) is 2.68. The third-order valence-corrected chi connectivity index (χ3v) is 4.37. The van der Waals surface area contributed by atoms with Gasteiger partial charge in [-0.15, -0.1) is 0 Å². The molecule has 0 spiro atoms. The Morgan fingerprint density at radius 2 is 1.77 bits per heavy atom. The van der Waals surface area contributed by atoms with Gasteiger partial charge < -0.3 is 21.3 Å². The molecule has 2 aromatic rings. The van der Waals surface area contributed by atoms with Crippen LogP contribution in [0.15, 0.2) is 42.6 Å². The second-order valence-corrected chi connectivity index (χ2v) is 6.32. The van der Waals surface area contributed by atoms with Crippen LogP contribution in [-0.4, -0.2) is 30.0 Å². The average molecular weight is 353 g/mol. The summed E-state index contributed by atoms with van der Waals surface area (Å²) in [6, 6.07) is 10.2. The van der Waals surface area contributed by atoms with Crippen LogP contribution in [0.2, 0.25) is 0 Å². The number of hydrogen-bond acceptors (Lipinski definition) is 4. The number of anilines is 2. The number of carbonyl (C=O) groups excluding carboxylic acids is 2. The van der Waals surface area contributed by atoms with Crippen molar-refractivity contribution in [2.24, 2.45) is 5.73 Å². The van der Waals surface area contributed by atoms with E-state index in [1.54, 1.807) is 30.5 Å². The molecule has 1 aliphatic rings. The molecule has 0 saturated carbocycles. The van der Waals surface area contributed by atoms with E-state index >= 15 is 0 Å². The van der Waals surface area contributed by atoms with Gasteiger partial charge >= 0.3 is 6.03 Å². The maximum Gasteiger partial charge on any atom is 0.312 e. The summed E-state index contributed by atoms with van der Waals surface area (Å²) >= 11 is 0. The number of nitrogens with two attached hydrogens (primary N) is 1. The van der Waals surface area contributed by atoms with Crippen LogP contribution in [-0.2, 0) is 6.54 Å². The van der Waals surface area contributed by atoms with Crippen LogP contribution in [0.3, 0.4) is 0 Å². The highest BCUT2D eigenvalue weighted by Gasteiger charge is 2.12. The van der Waals surface area contributed by atoms with Crippen molar-refractivity contribution in [3.63, 3.8) is 0 Å². The molecule has 1 fully saturated rings. The van der Waals surface area contributed by atoms with E-state index in [9.17, 15) is 9.59 Å². The molecule has 1 aromatic carbocycles. The molecular weight excluding hydrogens is 330 g/mol. The Morgan fingerprint density at radius 3 is 2.38 bits per heavy atom. The maximum absolute atomic E-state index is 12.3. The number of nitrogens with zero attached hydrogens (tertiary/aromatic N) is 2. The van der Waals surface area contributed by atoms with Gasteiger partial charge in [-0.05, 0) is 49.1 Å². The summed E-state index contributed by atoms with van der Waals surface area (Å²) in [4.78, 5) is 29.8. The van der Waals surface area contributed by atoms with Crippen molar-refractivity contribution in [1.82, 2.24) is 10.3 Å². The third-order valence-electron chi connectivity index (χ3n) is 4.37. The highest BCUT2D eigenvalue weighted by atomic mass is 16.2. The molecule has 0 unspecified atom stereocenters. The predicted molar refractivity (Wildman–Crippen MR) is 101 cm³/mol. The number of benzene rings is 1. The number of aromatic nitrogens is 1. The fourth-order valence-corrected chi connectivity index (χ4v) is 2.94. The van der Waals surface area contributed by atoms with Crippen LogP contribution >= 0.6 is 0 Å². The van der Waals surface area contributed by atoms with E-state index in [-0.39, 0.29) is 5.91 Å². The molecule has 1 aliphatic heterocycles. The van der Waals surface area contributed by atoms with Crippen molar-refractivity contribution < 1.29 is 9.59 Å². The van der Waals surface area contributed by atoms with Crippen molar-refractivity contribution in [3.05, 3.63) is 53.7 Å². The first-order valence-electron chi connectivity index (χ1n) is 8.76. The molecule has 1 aromatic heterocycles. The molecule has 3 rings (SSSR count). The summed E-state index contributed by atoms with van der Waals surface area (Å²) < 4.78 is 0. The van der Waals surface area contributed by atoms with E-state index in [2.05, 4.69) is 20.5 Å². The lowest BCUT2D eigenvalue weighted by Gasteiger charge is -2.27. The monoisotopic (exact) mass is 353 g/mol. The van der Waals surface area contributed by atoms with Crippen LogP contribution in [0.4, 0.5) is 16.3 Å². The summed E-state index contributed by atoms with van der Waals surface area (Å²) in [5, 5.41) is 5.36. The summed E-state index contributed by atoms with van der Waals surface area (Å²) in [6.07, 6.45) is 5.37. The zero-order valence-electron chi connectivity index (χ0n) is 14.6. The van der Waals surface area contributed by atoms with Gasteiger partial charge in [-0.3, -0.25) is 4.79 Å². The standard InChI is InChI=1S/C19H23N5O2/c20-19(26)22-12-14-4-6-15(7-5-14)18(25)23-16-8-9-17(21-13-16)24-10-2-1-3-11-24/h4-9,13H,1-3,10-12H2,(H,23,25)(H3,20,22,26). The van der Waals surface area contributed by atoms with Crippen LogP contribution in [0.25, 0.3) is 0 Å². The number of piperidine rings is 1. The Morgan fingerprint density at radius 1 is 1.04 bits per heavy atom. The Labute approximate surface area is 152 Å². The Hall–Kier alpha value is -3.09. The van der Waals surface area contributed by atoms with E-state index in [4.69, 9.17) is 5.73 Å². The fraction of sp³-hybridized carbons (Fsp3) is 0.316. The topological polar surface area (TPSA) is 100 Å². The van der Waals surface area contributed by atoms with Crippen molar-refractivity contribution in [2.45, 2.75) is 25.8 Å². The Bertz CT molecular complexity index is 753. The number of hydrogen-bond donors (Lipinski definition) is 3. The van der Waals surface area contributed by atoms with Gasteiger partial charge in [0.2, 0.25) is 0 Å². The van der Waals surface area contributed by atoms with Crippen molar-refractivity contribution in [2.75, 3.05) is 23.3 Å². The van der Waals surface area contributed by atoms with Gasteiger partial charge in [0.05, 0.1) is 11.9 Å². The highest BCUT2D eigenvalue weighted by Crippen LogP contribution is 2.19. The molecule has 1 saturated heterocycles. The maximum atomic E-state index is 12.3. The van der Waals surface area contributed by atoms with E-state index in [0.717, 1.165) is 24.5 Å². The number of carbonyl (C=O) groups is 2. The summed E-state index contributed by atoms with van der Waals surface area (Å²) in [5.41, 5.74) is 7.11. The van der Waals surface area contributed by atoms with Crippen molar-refractivity contribution in [1.29, 1.82) is 0 Å². The second kappa shape index (κ2) is 8.33. The number of pyridine rings is 1. The molecule has 0 aliphatic carbocycles. The van der Waals surface area contributed by atoms with E-state index in [1.165, 1.54) is 19.3 Å². The normalized spacial score (nSPS) is 13.9. The summed E-state index contributed by atoms with van der Waals surface area (Å²) in [7, 11) is 0. The molecule has 7 nitrogen and oxygen atoms in total. The lowest BCUT2D eigenvalue weighted by atomic mass is 10.1. The minimum absolute atomic E-state index is 0.202. The molecule has 136 valence electrons. The lowest BCUT2D eigenvalue weighted by Crippen LogP contribution is -2.30. The van der Waals surface area contributed by atoms with Gasteiger partial charge in [0.1, 0.15) is 5.82 Å². The van der Waals surface area contributed by atoms with Crippen LogP contribution < -0.4 is 21.3 Å². The first-order chi connectivity index (χ1) is 12.6. The largest absolute Gasteiger partial charge is 0.357 e. The Kier molecular flexibility index (Phi) is 5.68. The predicted octanol–water partition coefficient (Wildman–Crippen LogP) is 2.49. The zero-order chi connectivity index (χ0) is 18.4. The zero-order valence-corrected chi connectivity index (χ0v) is 14.6. The minimum Gasteiger partial charge on any atom is -0.357 e. The van der Waals surface area contributed by atoms with Crippen LogP contribution in [0, 0.1) is 0 Å². The number of urea groups is 1. The van der Waals surface area contributed by atoms with E-state index < -0.39 is 6.03 Å². The van der Waals surface area contributed by atoms with Gasteiger partial charge in [0.25, 0.3) is 5.91 Å². The third kappa shape index (κ3) is 4.72. The van der Waals surface area contributed by atoms with Gasteiger partial charge in [-0.25, -0.2) is 9.78 Å². The number of primary amides is 1. The lowest BCUT2D eigenvalue weighted by molar-refractivity contribution is 0.102. The summed E-state index contributed by atoms with van der Waals surface area (Å²) in [6.45, 7) is 2.41. The molecule has 2 heterocycles. The number of amides is 3. The van der Waals surface area contributed by atoms with Gasteiger partial charge in [0, 0.05) is 25.2 Å². The van der Waals surface area contributed by atoms with Crippen molar-refractivity contribution in [3.8, 4) is 0 Å². The van der Waals surface area contributed by atoms with E-state index in [0.29, 0.717) is 17.8 Å².